The lowest BCUT2D eigenvalue weighted by Gasteiger charge is -2.06. The quantitative estimate of drug-likeness (QED) is 0.589. The van der Waals surface area contributed by atoms with Gasteiger partial charge in [0.1, 0.15) is 0 Å². The van der Waals surface area contributed by atoms with E-state index in [0.717, 1.165) is 26.8 Å². The van der Waals surface area contributed by atoms with Crippen molar-refractivity contribution in [2.24, 2.45) is 0 Å². The number of amides is 1. The van der Waals surface area contributed by atoms with E-state index in [1.54, 1.807) is 0 Å². The molecule has 26 heavy (non-hydrogen) atoms. The lowest BCUT2D eigenvalue weighted by atomic mass is 10.1. The Morgan fingerprint density at radius 3 is 2.35 bits per heavy atom. The van der Waals surface area contributed by atoms with Gasteiger partial charge < -0.3 is 10.6 Å². The highest BCUT2D eigenvalue weighted by molar-refractivity contribution is 8.01. The van der Waals surface area contributed by atoms with E-state index in [9.17, 15) is 4.79 Å². The van der Waals surface area contributed by atoms with Gasteiger partial charge in [-0.1, -0.05) is 46.9 Å². The number of benzene rings is 2. The summed E-state index contributed by atoms with van der Waals surface area (Å²) in [6, 6.07) is 14.1. The first-order chi connectivity index (χ1) is 12.5. The van der Waals surface area contributed by atoms with E-state index in [1.165, 1.54) is 28.7 Å². The molecule has 0 unspecified atom stereocenters. The zero-order valence-corrected chi connectivity index (χ0v) is 16.5. The van der Waals surface area contributed by atoms with Crippen LogP contribution < -0.4 is 10.6 Å². The highest BCUT2D eigenvalue weighted by Gasteiger charge is 2.09. The van der Waals surface area contributed by atoms with Crippen molar-refractivity contribution in [3.8, 4) is 0 Å². The SMILES string of the molecule is Cc1ccc(Nc2nnc(SCC(=O)Nc3cc(C)cc(C)c3)s2)cc1. The van der Waals surface area contributed by atoms with Crippen LogP contribution in [0.15, 0.2) is 46.8 Å². The summed E-state index contributed by atoms with van der Waals surface area (Å²) in [6.45, 7) is 6.08. The van der Waals surface area contributed by atoms with Crippen molar-refractivity contribution < 1.29 is 4.79 Å². The summed E-state index contributed by atoms with van der Waals surface area (Å²) in [6.07, 6.45) is 0. The second kappa shape index (κ2) is 8.33. The Bertz CT molecular complexity index is 886. The minimum absolute atomic E-state index is 0.0526. The zero-order valence-electron chi connectivity index (χ0n) is 14.9. The normalized spacial score (nSPS) is 10.6. The van der Waals surface area contributed by atoms with Crippen LogP contribution in [0, 0.1) is 20.8 Å². The van der Waals surface area contributed by atoms with Crippen LogP contribution in [0.2, 0.25) is 0 Å². The molecule has 134 valence electrons. The number of carbonyl (C=O) groups excluding carboxylic acids is 1. The van der Waals surface area contributed by atoms with Gasteiger partial charge in [-0.3, -0.25) is 4.79 Å². The monoisotopic (exact) mass is 384 g/mol. The first-order valence-corrected chi connectivity index (χ1v) is 9.96. The topological polar surface area (TPSA) is 66.9 Å². The highest BCUT2D eigenvalue weighted by Crippen LogP contribution is 2.28. The first kappa shape index (κ1) is 18.4. The summed E-state index contributed by atoms with van der Waals surface area (Å²) >= 11 is 2.82. The van der Waals surface area contributed by atoms with Crippen LogP contribution in [0.1, 0.15) is 16.7 Å². The van der Waals surface area contributed by atoms with Gasteiger partial charge in [-0.05, 0) is 56.2 Å². The van der Waals surface area contributed by atoms with E-state index in [1.807, 2.05) is 57.2 Å². The fraction of sp³-hybridized carbons (Fsp3) is 0.211. The Balaban J connectivity index is 1.52. The van der Waals surface area contributed by atoms with E-state index in [4.69, 9.17) is 0 Å². The number of aromatic nitrogens is 2. The molecule has 0 bridgehead atoms. The van der Waals surface area contributed by atoms with Gasteiger partial charge in [-0.15, -0.1) is 10.2 Å². The number of nitrogens with zero attached hydrogens (tertiary/aromatic N) is 2. The molecule has 2 N–H and O–H groups in total. The van der Waals surface area contributed by atoms with Gasteiger partial charge in [0.05, 0.1) is 5.75 Å². The molecule has 0 aliphatic heterocycles. The van der Waals surface area contributed by atoms with E-state index in [2.05, 4.69) is 26.9 Å². The summed E-state index contributed by atoms with van der Waals surface area (Å²) in [5.74, 6) is 0.245. The van der Waals surface area contributed by atoms with E-state index < -0.39 is 0 Å². The van der Waals surface area contributed by atoms with Crippen LogP contribution >= 0.6 is 23.1 Å². The van der Waals surface area contributed by atoms with E-state index in [0.29, 0.717) is 10.9 Å². The molecule has 0 aliphatic rings. The van der Waals surface area contributed by atoms with Crippen LogP contribution in [-0.2, 0) is 4.79 Å². The van der Waals surface area contributed by atoms with Crippen LogP contribution in [0.4, 0.5) is 16.5 Å². The van der Waals surface area contributed by atoms with Crippen molar-refractivity contribution >= 4 is 45.5 Å². The fourth-order valence-corrected chi connectivity index (χ4v) is 4.02. The number of aryl methyl sites for hydroxylation is 3. The molecule has 0 saturated carbocycles. The average Bonchev–Trinajstić information content (AvgIpc) is 3.02. The van der Waals surface area contributed by atoms with E-state index in [-0.39, 0.29) is 5.91 Å². The van der Waals surface area contributed by atoms with Gasteiger partial charge in [0, 0.05) is 11.4 Å². The number of hydrogen-bond acceptors (Lipinski definition) is 6. The molecule has 3 aromatic rings. The number of anilines is 3. The maximum absolute atomic E-state index is 12.1. The molecule has 1 aromatic heterocycles. The second-order valence-electron chi connectivity index (χ2n) is 6.08. The maximum atomic E-state index is 12.1. The molecule has 2 aromatic carbocycles. The smallest absolute Gasteiger partial charge is 0.234 e. The third-order valence-electron chi connectivity index (χ3n) is 3.54. The second-order valence-corrected chi connectivity index (χ2v) is 8.28. The largest absolute Gasteiger partial charge is 0.330 e. The standard InChI is InChI=1S/C19H20N4OS2/c1-12-4-6-15(7-5-12)21-18-22-23-19(26-18)25-11-17(24)20-16-9-13(2)8-14(3)10-16/h4-10H,11H2,1-3H3,(H,20,24)(H,21,22). The highest BCUT2D eigenvalue weighted by atomic mass is 32.2. The molecule has 3 rings (SSSR count). The van der Waals surface area contributed by atoms with Gasteiger partial charge in [0.2, 0.25) is 11.0 Å². The Kier molecular flexibility index (Phi) is 5.90. The molecule has 1 heterocycles. The molecular weight excluding hydrogens is 364 g/mol. The Morgan fingerprint density at radius 2 is 1.65 bits per heavy atom. The van der Waals surface area contributed by atoms with Crippen LogP contribution in [0.25, 0.3) is 0 Å². The van der Waals surface area contributed by atoms with Gasteiger partial charge in [0.15, 0.2) is 4.34 Å². The predicted molar refractivity (Wildman–Crippen MR) is 110 cm³/mol. The fourth-order valence-electron chi connectivity index (χ4n) is 2.45. The number of rotatable bonds is 6. The zero-order chi connectivity index (χ0) is 18.5. The third-order valence-corrected chi connectivity index (χ3v) is 5.51. The maximum Gasteiger partial charge on any atom is 0.234 e. The lowest BCUT2D eigenvalue weighted by Crippen LogP contribution is -2.14. The summed E-state index contributed by atoms with van der Waals surface area (Å²) in [4.78, 5) is 12.1. The molecular formula is C19H20N4OS2. The molecule has 0 radical (unpaired) electrons. The average molecular weight is 385 g/mol. The minimum Gasteiger partial charge on any atom is -0.330 e. The van der Waals surface area contributed by atoms with Crippen molar-refractivity contribution in [3.63, 3.8) is 0 Å². The van der Waals surface area contributed by atoms with Gasteiger partial charge in [-0.25, -0.2) is 0 Å². The lowest BCUT2D eigenvalue weighted by molar-refractivity contribution is -0.113. The summed E-state index contributed by atoms with van der Waals surface area (Å²) in [5, 5.41) is 15.1. The molecule has 0 fully saturated rings. The Labute approximate surface area is 161 Å². The van der Waals surface area contributed by atoms with Crippen LogP contribution in [0.3, 0.4) is 0 Å². The van der Waals surface area contributed by atoms with Crippen molar-refractivity contribution in [3.05, 3.63) is 59.2 Å². The summed E-state index contributed by atoms with van der Waals surface area (Å²) < 4.78 is 0.759. The van der Waals surface area contributed by atoms with E-state index >= 15 is 0 Å². The number of hydrogen-bond donors (Lipinski definition) is 2. The minimum atomic E-state index is -0.0526. The van der Waals surface area contributed by atoms with Gasteiger partial charge >= 0.3 is 0 Å². The van der Waals surface area contributed by atoms with Crippen molar-refractivity contribution in [1.29, 1.82) is 0 Å². The van der Waals surface area contributed by atoms with Gasteiger partial charge in [0.25, 0.3) is 0 Å². The van der Waals surface area contributed by atoms with Crippen molar-refractivity contribution in [1.82, 2.24) is 10.2 Å². The predicted octanol–water partition coefficient (Wildman–Crippen LogP) is 4.94. The molecule has 0 spiro atoms. The molecule has 7 heteroatoms. The van der Waals surface area contributed by atoms with Crippen molar-refractivity contribution in [2.75, 3.05) is 16.4 Å². The summed E-state index contributed by atoms with van der Waals surface area (Å²) in [7, 11) is 0. The summed E-state index contributed by atoms with van der Waals surface area (Å²) in [5.41, 5.74) is 5.26. The van der Waals surface area contributed by atoms with Crippen LogP contribution in [0.5, 0.6) is 0 Å². The third kappa shape index (κ3) is 5.31. The molecule has 0 aliphatic carbocycles. The van der Waals surface area contributed by atoms with Gasteiger partial charge in [-0.2, -0.15) is 0 Å². The molecule has 5 nitrogen and oxygen atoms in total. The number of carbonyl (C=O) groups is 1. The molecule has 0 atom stereocenters. The molecule has 1 amide bonds. The Hall–Kier alpha value is -2.38. The molecule has 0 saturated heterocycles. The van der Waals surface area contributed by atoms with Crippen molar-refractivity contribution in [2.45, 2.75) is 25.1 Å². The number of nitrogens with one attached hydrogen (secondary N) is 2. The Morgan fingerprint density at radius 1 is 0.962 bits per heavy atom. The number of thioether (sulfide) groups is 1. The first-order valence-electron chi connectivity index (χ1n) is 8.16. The van der Waals surface area contributed by atoms with Crippen LogP contribution in [-0.4, -0.2) is 21.9 Å².